The summed E-state index contributed by atoms with van der Waals surface area (Å²) in [7, 11) is 0. The highest BCUT2D eigenvalue weighted by Crippen LogP contribution is 2.55. The minimum Gasteiger partial charge on any atom is -0.383 e. The van der Waals surface area contributed by atoms with Crippen LogP contribution >= 0.6 is 0 Å². The maximum atomic E-state index is 12.6. The van der Waals surface area contributed by atoms with E-state index in [1.54, 1.807) is 0 Å². The maximum absolute atomic E-state index is 12.6. The standard InChI is InChI=1S/C18H26N2O/c1-10-13-12(20-17(5,6)15(10)21)8-18(7)9-16(3,4)19-11(2)14(13)18/h19H,8-9H2,1-7H3/t18-/m0/s1. The number of aliphatic imine (C=N–C) groups is 1. The summed E-state index contributed by atoms with van der Waals surface area (Å²) in [6, 6.07) is 0. The molecule has 3 aliphatic rings. The second-order valence-corrected chi connectivity index (χ2v) is 8.37. The molecule has 0 radical (unpaired) electrons. The molecule has 114 valence electrons. The summed E-state index contributed by atoms with van der Waals surface area (Å²) in [5.74, 6) is 0.163. The molecule has 1 fully saturated rings. The van der Waals surface area contributed by atoms with Gasteiger partial charge in [0.2, 0.25) is 0 Å². The average Bonchev–Trinajstić information content (AvgIpc) is 2.55. The molecule has 0 amide bonds. The number of fused-ring (bicyclic) bond motifs is 3. The number of nitrogens with one attached hydrogen (secondary N) is 1. The van der Waals surface area contributed by atoms with Gasteiger partial charge in [-0.1, -0.05) is 6.92 Å². The van der Waals surface area contributed by atoms with Crippen LogP contribution in [0.1, 0.15) is 61.3 Å². The van der Waals surface area contributed by atoms with Crippen molar-refractivity contribution in [3.8, 4) is 0 Å². The van der Waals surface area contributed by atoms with Crippen molar-refractivity contribution in [1.29, 1.82) is 0 Å². The zero-order chi connectivity index (χ0) is 15.8. The number of hydrogen-bond acceptors (Lipinski definition) is 3. The van der Waals surface area contributed by atoms with Gasteiger partial charge in [0.25, 0.3) is 0 Å². The number of Topliss-reactive ketones (excluding diaryl/α,β-unsaturated/α-hetero) is 1. The average molecular weight is 286 g/mol. The van der Waals surface area contributed by atoms with Gasteiger partial charge < -0.3 is 5.32 Å². The van der Waals surface area contributed by atoms with Crippen molar-refractivity contribution >= 4 is 11.5 Å². The van der Waals surface area contributed by atoms with Crippen molar-refractivity contribution in [3.05, 3.63) is 22.4 Å². The van der Waals surface area contributed by atoms with Crippen LogP contribution in [-0.2, 0) is 4.79 Å². The molecule has 0 saturated heterocycles. The topological polar surface area (TPSA) is 41.5 Å². The van der Waals surface area contributed by atoms with Crippen LogP contribution in [0.4, 0.5) is 0 Å². The van der Waals surface area contributed by atoms with Crippen LogP contribution in [0.3, 0.4) is 0 Å². The molecular weight excluding hydrogens is 260 g/mol. The quantitative estimate of drug-likeness (QED) is 0.739. The molecule has 1 aliphatic carbocycles. The minimum atomic E-state index is -0.607. The fraction of sp³-hybridized carbons (Fsp3) is 0.667. The molecule has 3 heteroatoms. The largest absolute Gasteiger partial charge is 0.383 e. The number of hydrogen-bond donors (Lipinski definition) is 1. The molecule has 1 atom stereocenters. The molecule has 1 N–H and O–H groups in total. The van der Waals surface area contributed by atoms with E-state index < -0.39 is 5.54 Å². The van der Waals surface area contributed by atoms with Crippen LogP contribution in [-0.4, -0.2) is 22.6 Å². The van der Waals surface area contributed by atoms with Crippen molar-refractivity contribution < 1.29 is 4.79 Å². The van der Waals surface area contributed by atoms with E-state index in [0.29, 0.717) is 0 Å². The molecule has 1 saturated carbocycles. The smallest absolute Gasteiger partial charge is 0.186 e. The van der Waals surface area contributed by atoms with Gasteiger partial charge in [0.15, 0.2) is 5.78 Å². The third kappa shape index (κ3) is 1.93. The third-order valence-electron chi connectivity index (χ3n) is 5.12. The number of allylic oxidation sites excluding steroid dienone is 3. The molecule has 0 aromatic heterocycles. The first-order chi connectivity index (χ1) is 9.47. The SMILES string of the molecule is CC1=C2C3=C(C)C(=O)C(C)(C)N=C3C[C@@]2(C)CC(C)(C)N1. The van der Waals surface area contributed by atoms with Gasteiger partial charge in [-0.05, 0) is 60.0 Å². The molecule has 3 nitrogen and oxygen atoms in total. The summed E-state index contributed by atoms with van der Waals surface area (Å²) < 4.78 is 0. The van der Waals surface area contributed by atoms with Gasteiger partial charge in [0.1, 0.15) is 5.54 Å². The second kappa shape index (κ2) is 3.88. The Labute approximate surface area is 127 Å². The van der Waals surface area contributed by atoms with Crippen molar-refractivity contribution in [1.82, 2.24) is 5.32 Å². The molecule has 2 heterocycles. The van der Waals surface area contributed by atoms with E-state index in [0.717, 1.165) is 29.7 Å². The molecule has 0 aromatic carbocycles. The number of dihydropyridines is 1. The van der Waals surface area contributed by atoms with E-state index in [2.05, 4.69) is 33.0 Å². The fourth-order valence-electron chi connectivity index (χ4n) is 4.83. The highest BCUT2D eigenvalue weighted by atomic mass is 16.1. The van der Waals surface area contributed by atoms with E-state index >= 15 is 0 Å². The van der Waals surface area contributed by atoms with Gasteiger partial charge in [-0.15, -0.1) is 0 Å². The Balaban J connectivity index is 2.25. The summed E-state index contributed by atoms with van der Waals surface area (Å²) in [5, 5.41) is 3.62. The Hall–Kier alpha value is -1.38. The lowest BCUT2D eigenvalue weighted by Crippen LogP contribution is -2.47. The van der Waals surface area contributed by atoms with Crippen molar-refractivity contribution in [2.75, 3.05) is 0 Å². The molecule has 0 spiro atoms. The Kier molecular flexibility index (Phi) is 2.69. The van der Waals surface area contributed by atoms with Gasteiger partial charge in [0, 0.05) is 33.5 Å². The minimum absolute atomic E-state index is 0.0877. The summed E-state index contributed by atoms with van der Waals surface area (Å²) in [4.78, 5) is 17.4. The number of nitrogens with zero attached hydrogens (tertiary/aromatic N) is 1. The Morgan fingerprint density at radius 2 is 1.71 bits per heavy atom. The Morgan fingerprint density at radius 3 is 2.33 bits per heavy atom. The van der Waals surface area contributed by atoms with Gasteiger partial charge in [-0.2, -0.15) is 0 Å². The van der Waals surface area contributed by atoms with E-state index in [1.165, 1.54) is 11.3 Å². The van der Waals surface area contributed by atoms with Crippen LogP contribution in [0.5, 0.6) is 0 Å². The van der Waals surface area contributed by atoms with E-state index in [4.69, 9.17) is 4.99 Å². The van der Waals surface area contributed by atoms with Crippen molar-refractivity contribution in [2.45, 2.75) is 72.4 Å². The monoisotopic (exact) mass is 286 g/mol. The fourth-order valence-corrected chi connectivity index (χ4v) is 4.83. The third-order valence-corrected chi connectivity index (χ3v) is 5.12. The number of ketones is 1. The van der Waals surface area contributed by atoms with E-state index in [-0.39, 0.29) is 16.7 Å². The zero-order valence-electron chi connectivity index (χ0n) is 14.3. The lowest BCUT2D eigenvalue weighted by atomic mass is 9.70. The van der Waals surface area contributed by atoms with Crippen LogP contribution in [0.15, 0.2) is 27.4 Å². The highest BCUT2D eigenvalue weighted by Gasteiger charge is 2.51. The first-order valence-electron chi connectivity index (χ1n) is 7.82. The molecular formula is C18H26N2O. The van der Waals surface area contributed by atoms with Crippen LogP contribution in [0.2, 0.25) is 0 Å². The number of rotatable bonds is 0. The lowest BCUT2D eigenvalue weighted by molar-refractivity contribution is -0.119. The Morgan fingerprint density at radius 1 is 1.10 bits per heavy atom. The van der Waals surface area contributed by atoms with Gasteiger partial charge >= 0.3 is 0 Å². The normalized spacial score (nSPS) is 33.5. The molecule has 3 rings (SSSR count). The van der Waals surface area contributed by atoms with Gasteiger partial charge in [-0.3, -0.25) is 9.79 Å². The summed E-state index contributed by atoms with van der Waals surface area (Å²) >= 11 is 0. The molecule has 0 bridgehead atoms. The highest BCUT2D eigenvalue weighted by molar-refractivity contribution is 6.20. The first kappa shape index (κ1) is 14.6. The summed E-state index contributed by atoms with van der Waals surface area (Å²) in [5.41, 5.74) is 5.26. The molecule has 0 aromatic rings. The Bertz CT molecular complexity index is 646. The van der Waals surface area contributed by atoms with Crippen molar-refractivity contribution in [2.24, 2.45) is 10.4 Å². The first-order valence-corrected chi connectivity index (χ1v) is 7.82. The maximum Gasteiger partial charge on any atom is 0.186 e. The summed E-state index contributed by atoms with van der Waals surface area (Å²) in [6.45, 7) is 14.8. The molecule has 0 unspecified atom stereocenters. The van der Waals surface area contributed by atoms with Gasteiger partial charge in [0.05, 0.1) is 0 Å². The number of carbonyl (C=O) groups is 1. The van der Waals surface area contributed by atoms with Crippen LogP contribution < -0.4 is 5.32 Å². The van der Waals surface area contributed by atoms with Crippen LogP contribution in [0, 0.1) is 5.41 Å². The number of carbonyl (C=O) groups excluding carboxylic acids is 1. The van der Waals surface area contributed by atoms with Crippen LogP contribution in [0.25, 0.3) is 0 Å². The predicted octanol–water partition coefficient (Wildman–Crippen LogP) is 3.56. The van der Waals surface area contributed by atoms with Crippen molar-refractivity contribution in [3.63, 3.8) is 0 Å². The zero-order valence-corrected chi connectivity index (χ0v) is 14.3. The predicted molar refractivity (Wildman–Crippen MR) is 86.5 cm³/mol. The van der Waals surface area contributed by atoms with E-state index in [1.807, 2.05) is 20.8 Å². The van der Waals surface area contributed by atoms with Gasteiger partial charge in [-0.25, -0.2) is 0 Å². The molecule has 2 aliphatic heterocycles. The van der Waals surface area contributed by atoms with E-state index in [9.17, 15) is 4.79 Å². The molecule has 21 heavy (non-hydrogen) atoms. The second-order valence-electron chi connectivity index (χ2n) is 8.37. The lowest BCUT2D eigenvalue weighted by Gasteiger charge is -2.43. The summed E-state index contributed by atoms with van der Waals surface area (Å²) in [6.07, 6.45) is 2.02.